The van der Waals surface area contributed by atoms with Gasteiger partial charge in [-0.25, -0.2) is 0 Å². The molecule has 0 fully saturated rings. The summed E-state index contributed by atoms with van der Waals surface area (Å²) in [4.78, 5) is 0. The van der Waals surface area contributed by atoms with Crippen LogP contribution < -0.4 is 12.3 Å². The van der Waals surface area contributed by atoms with Crippen LogP contribution >= 0.6 is 0 Å². The molecule has 30 valence electrons. The molecule has 0 aromatic heterocycles. The Morgan fingerprint density at radius 1 is 1.00 bits per heavy atom. The maximum atomic E-state index is 8.56. The molecule has 0 aliphatic heterocycles. The van der Waals surface area contributed by atoms with Crippen molar-refractivity contribution < 1.29 is 29.4 Å². The molecule has 0 aliphatic rings. The summed E-state index contributed by atoms with van der Waals surface area (Å²) in [6.45, 7) is 0. The molecule has 0 spiro atoms. The van der Waals surface area contributed by atoms with Crippen molar-refractivity contribution in [2.45, 2.75) is 0 Å². The molecule has 0 saturated heterocycles. The van der Waals surface area contributed by atoms with Gasteiger partial charge in [-0.3, -0.25) is 0 Å². The summed E-state index contributed by atoms with van der Waals surface area (Å²) in [6.07, 6.45) is 0. The van der Waals surface area contributed by atoms with Crippen LogP contribution in [-0.4, -0.2) is 15.7 Å². The van der Waals surface area contributed by atoms with Gasteiger partial charge in [-0.15, -0.1) is 0 Å². The molecule has 0 aliphatic carbocycles. The van der Waals surface area contributed by atoms with Gasteiger partial charge in [-0.05, 0) is 0 Å². The van der Waals surface area contributed by atoms with Gasteiger partial charge < -0.3 is 0 Å². The SMILES string of the molecule is [Mn+3].[O-][As]([O-])[O-]. The molecule has 0 unspecified atom stereocenters. The van der Waals surface area contributed by atoms with E-state index in [1.807, 2.05) is 0 Å². The standard InChI is InChI=1S/AsO3.Mn/c2-1(3)4;/q-3;+3. The third-order valence-electron chi connectivity index (χ3n) is 0. The van der Waals surface area contributed by atoms with E-state index in [1.165, 1.54) is 0 Å². The molecule has 0 saturated carbocycles. The monoisotopic (exact) mass is 178 g/mol. The topological polar surface area (TPSA) is 69.2 Å². The van der Waals surface area contributed by atoms with Gasteiger partial charge >= 0.3 is 45.0 Å². The second-order valence-electron chi connectivity index (χ2n) is 0.224. The first-order chi connectivity index (χ1) is 1.73. The van der Waals surface area contributed by atoms with Crippen molar-refractivity contribution in [3.05, 3.63) is 0 Å². The summed E-state index contributed by atoms with van der Waals surface area (Å²) >= 11 is -3.94. The second-order valence-corrected chi connectivity index (χ2v) is 1.16. The Kier molecular flexibility index (Phi) is 9.27. The molecule has 0 N–H and O–H groups in total. The van der Waals surface area contributed by atoms with Crippen molar-refractivity contribution in [1.29, 1.82) is 0 Å². The fraction of sp³-hybridized carbons (Fsp3) is 0. The van der Waals surface area contributed by atoms with Gasteiger partial charge in [-0.1, -0.05) is 0 Å². The Morgan fingerprint density at radius 3 is 1.00 bits per heavy atom. The van der Waals surface area contributed by atoms with Crippen molar-refractivity contribution in [1.82, 2.24) is 0 Å². The molecule has 0 radical (unpaired) electrons. The van der Waals surface area contributed by atoms with E-state index in [9.17, 15) is 0 Å². The van der Waals surface area contributed by atoms with Crippen molar-refractivity contribution >= 4 is 15.7 Å². The molecular formula is AsMnO3. The third-order valence-corrected chi connectivity index (χ3v) is 0. The first-order valence-electron chi connectivity index (χ1n) is 0.548. The fourth-order valence-corrected chi connectivity index (χ4v) is 0. The Labute approximate surface area is 45.4 Å². The predicted molar refractivity (Wildman–Crippen MR) is 5.75 cm³/mol. The Bertz CT molecular complexity index is 11.6. The molecule has 3 nitrogen and oxygen atoms in total. The van der Waals surface area contributed by atoms with E-state index in [2.05, 4.69) is 0 Å². The van der Waals surface area contributed by atoms with E-state index in [4.69, 9.17) is 12.3 Å². The van der Waals surface area contributed by atoms with Crippen molar-refractivity contribution in [2.75, 3.05) is 0 Å². The van der Waals surface area contributed by atoms with Crippen LogP contribution in [0.1, 0.15) is 0 Å². The fourth-order valence-electron chi connectivity index (χ4n) is 0. The first-order valence-corrected chi connectivity index (χ1v) is 2.85. The van der Waals surface area contributed by atoms with Crippen molar-refractivity contribution in [3.8, 4) is 0 Å². The summed E-state index contributed by atoms with van der Waals surface area (Å²) in [5, 5.41) is 0. The molecule has 0 aromatic carbocycles. The zero-order valence-corrected chi connectivity index (χ0v) is 5.11. The Balaban J connectivity index is 0. The summed E-state index contributed by atoms with van der Waals surface area (Å²) < 4.78 is 25.7. The molecular weight excluding hydrogens is 178 g/mol. The van der Waals surface area contributed by atoms with Crippen LogP contribution in [0, 0.1) is 0 Å². The number of hydrogen-bond donors (Lipinski definition) is 0. The zero-order valence-electron chi connectivity index (χ0n) is 2.05. The quantitative estimate of drug-likeness (QED) is 0.355. The van der Waals surface area contributed by atoms with E-state index >= 15 is 0 Å². The molecule has 5 heteroatoms. The minimum absolute atomic E-state index is 0. The van der Waals surface area contributed by atoms with Gasteiger partial charge in [0.05, 0.1) is 0 Å². The average Bonchev–Trinajstić information content (AvgIpc) is 0.811. The zero-order chi connectivity index (χ0) is 3.58. The summed E-state index contributed by atoms with van der Waals surface area (Å²) in [5.74, 6) is 0. The van der Waals surface area contributed by atoms with Crippen molar-refractivity contribution in [2.24, 2.45) is 0 Å². The molecule has 0 rings (SSSR count). The number of hydrogen-bond acceptors (Lipinski definition) is 3. The van der Waals surface area contributed by atoms with Crippen molar-refractivity contribution in [3.63, 3.8) is 0 Å². The van der Waals surface area contributed by atoms with E-state index in [-0.39, 0.29) is 17.1 Å². The van der Waals surface area contributed by atoms with Gasteiger partial charge in [0, 0.05) is 0 Å². The van der Waals surface area contributed by atoms with E-state index in [0.717, 1.165) is 0 Å². The van der Waals surface area contributed by atoms with Crippen LogP contribution in [0.25, 0.3) is 0 Å². The van der Waals surface area contributed by atoms with Crippen LogP contribution in [0.2, 0.25) is 0 Å². The molecule has 0 bridgehead atoms. The van der Waals surface area contributed by atoms with E-state index in [1.54, 1.807) is 0 Å². The van der Waals surface area contributed by atoms with Gasteiger partial charge in [0.1, 0.15) is 0 Å². The van der Waals surface area contributed by atoms with E-state index in [0.29, 0.717) is 0 Å². The molecule has 0 aromatic rings. The second kappa shape index (κ2) is 4.96. The van der Waals surface area contributed by atoms with Gasteiger partial charge in [-0.2, -0.15) is 0 Å². The third kappa shape index (κ3) is 47.3. The molecule has 0 heterocycles. The normalized spacial score (nSPS) is 7.20. The summed E-state index contributed by atoms with van der Waals surface area (Å²) in [6, 6.07) is 0. The molecule has 5 heavy (non-hydrogen) atoms. The molecule has 0 amide bonds. The Morgan fingerprint density at radius 2 is 1.00 bits per heavy atom. The maximum absolute atomic E-state index is 8.56. The average molecular weight is 178 g/mol. The molecule has 0 atom stereocenters. The van der Waals surface area contributed by atoms with Gasteiger partial charge in [0.2, 0.25) is 0 Å². The summed E-state index contributed by atoms with van der Waals surface area (Å²) in [5.41, 5.74) is 0. The van der Waals surface area contributed by atoms with E-state index < -0.39 is 15.7 Å². The summed E-state index contributed by atoms with van der Waals surface area (Å²) in [7, 11) is 0. The Hall–Kier alpha value is 0.958. The minimum atomic E-state index is -3.94. The number of rotatable bonds is 0. The van der Waals surface area contributed by atoms with Crippen LogP contribution in [0.3, 0.4) is 0 Å². The first kappa shape index (κ1) is 9.35. The van der Waals surface area contributed by atoms with Crippen LogP contribution in [0.15, 0.2) is 0 Å². The van der Waals surface area contributed by atoms with Gasteiger partial charge in [0.15, 0.2) is 0 Å². The van der Waals surface area contributed by atoms with Gasteiger partial charge in [0.25, 0.3) is 0 Å². The van der Waals surface area contributed by atoms with Crippen LogP contribution in [0.4, 0.5) is 0 Å². The predicted octanol–water partition coefficient (Wildman–Crippen LogP) is -3.95. The van der Waals surface area contributed by atoms with Crippen LogP contribution in [-0.2, 0) is 17.1 Å². The van der Waals surface area contributed by atoms with Crippen LogP contribution in [0.5, 0.6) is 0 Å².